The molecule has 0 radical (unpaired) electrons. The van der Waals surface area contributed by atoms with Crippen molar-refractivity contribution in [1.82, 2.24) is 15.0 Å². The van der Waals surface area contributed by atoms with Crippen molar-refractivity contribution in [2.24, 2.45) is 0 Å². The zero-order valence-corrected chi connectivity index (χ0v) is 12.6. The Morgan fingerprint density at radius 3 is 2.62 bits per heavy atom. The molecule has 0 aliphatic heterocycles. The lowest BCUT2D eigenvalue weighted by molar-refractivity contribution is 0.912. The Morgan fingerprint density at radius 2 is 1.95 bits per heavy atom. The van der Waals surface area contributed by atoms with Crippen molar-refractivity contribution in [3.8, 4) is 0 Å². The van der Waals surface area contributed by atoms with Crippen molar-refractivity contribution in [1.29, 1.82) is 0 Å². The zero-order chi connectivity index (χ0) is 14.7. The predicted molar refractivity (Wildman–Crippen MR) is 84.5 cm³/mol. The van der Waals surface area contributed by atoms with Crippen LogP contribution in [0.5, 0.6) is 0 Å². The molecule has 0 saturated heterocycles. The van der Waals surface area contributed by atoms with Crippen LogP contribution in [-0.2, 0) is 6.54 Å². The summed E-state index contributed by atoms with van der Waals surface area (Å²) in [6, 6.07) is 6.00. The van der Waals surface area contributed by atoms with Gasteiger partial charge in [-0.05, 0) is 38.3 Å². The number of hydrogen-bond acceptors (Lipinski definition) is 5. The minimum atomic E-state index is 0.542. The molecule has 0 amide bonds. The van der Waals surface area contributed by atoms with E-state index in [1.807, 2.05) is 18.3 Å². The van der Waals surface area contributed by atoms with E-state index in [1.165, 1.54) is 18.4 Å². The normalized spacial score (nSPS) is 14.0. The highest BCUT2D eigenvalue weighted by molar-refractivity contribution is 5.48. The first-order valence-corrected chi connectivity index (χ1v) is 7.53. The molecule has 0 bridgehead atoms. The van der Waals surface area contributed by atoms with Gasteiger partial charge in [-0.2, -0.15) is 0 Å². The molecule has 1 saturated carbocycles. The van der Waals surface area contributed by atoms with Gasteiger partial charge in [0.1, 0.15) is 17.5 Å². The Kier molecular flexibility index (Phi) is 3.99. The molecule has 1 aliphatic carbocycles. The monoisotopic (exact) mass is 283 g/mol. The van der Waals surface area contributed by atoms with Gasteiger partial charge < -0.3 is 10.6 Å². The van der Waals surface area contributed by atoms with E-state index in [9.17, 15) is 0 Å². The van der Waals surface area contributed by atoms with Crippen LogP contribution in [0.1, 0.15) is 42.8 Å². The summed E-state index contributed by atoms with van der Waals surface area (Å²) in [6.07, 6.45) is 4.23. The molecule has 3 rings (SSSR count). The van der Waals surface area contributed by atoms with Gasteiger partial charge in [-0.15, -0.1) is 0 Å². The highest BCUT2D eigenvalue weighted by Gasteiger charge is 2.27. The van der Waals surface area contributed by atoms with E-state index < -0.39 is 0 Å². The molecule has 1 aliphatic rings. The maximum Gasteiger partial charge on any atom is 0.136 e. The lowest BCUT2D eigenvalue weighted by atomic mass is 10.2. The Bertz CT molecular complexity index is 622. The van der Waals surface area contributed by atoms with Gasteiger partial charge in [-0.25, -0.2) is 9.97 Å². The lowest BCUT2D eigenvalue weighted by Crippen LogP contribution is -2.09. The van der Waals surface area contributed by atoms with Gasteiger partial charge in [0.15, 0.2) is 0 Å². The number of aryl methyl sites for hydroxylation is 1. The Morgan fingerprint density at radius 1 is 1.19 bits per heavy atom. The number of pyridine rings is 1. The fraction of sp³-hybridized carbons (Fsp3) is 0.438. The minimum absolute atomic E-state index is 0.542. The molecule has 110 valence electrons. The van der Waals surface area contributed by atoms with E-state index in [-0.39, 0.29) is 0 Å². The van der Waals surface area contributed by atoms with Crippen LogP contribution >= 0.6 is 0 Å². The van der Waals surface area contributed by atoms with E-state index >= 15 is 0 Å². The van der Waals surface area contributed by atoms with Crippen molar-refractivity contribution in [2.75, 3.05) is 17.2 Å². The van der Waals surface area contributed by atoms with E-state index in [0.29, 0.717) is 12.5 Å². The second-order valence-electron chi connectivity index (χ2n) is 5.42. The highest BCUT2D eigenvalue weighted by Crippen LogP contribution is 2.38. The van der Waals surface area contributed by atoms with Gasteiger partial charge in [0.2, 0.25) is 0 Å². The molecular formula is C16H21N5. The lowest BCUT2D eigenvalue weighted by Gasteiger charge is -2.11. The molecule has 21 heavy (non-hydrogen) atoms. The smallest absolute Gasteiger partial charge is 0.136 e. The number of hydrogen-bond donors (Lipinski definition) is 2. The molecule has 0 unspecified atom stereocenters. The van der Waals surface area contributed by atoms with Crippen molar-refractivity contribution in [2.45, 2.75) is 39.2 Å². The van der Waals surface area contributed by atoms with E-state index in [0.717, 1.165) is 29.7 Å². The molecule has 0 spiro atoms. The van der Waals surface area contributed by atoms with Gasteiger partial charge in [0.25, 0.3) is 0 Å². The van der Waals surface area contributed by atoms with Crippen LogP contribution in [0.15, 0.2) is 24.4 Å². The van der Waals surface area contributed by atoms with Crippen LogP contribution in [0.3, 0.4) is 0 Å². The van der Waals surface area contributed by atoms with Crippen LogP contribution in [0, 0.1) is 6.92 Å². The Labute approximate surface area is 125 Å². The first-order chi connectivity index (χ1) is 10.3. The van der Waals surface area contributed by atoms with Crippen LogP contribution in [0.25, 0.3) is 0 Å². The number of aromatic nitrogens is 3. The first kappa shape index (κ1) is 13.8. The number of nitrogens with one attached hydrogen (secondary N) is 2. The average molecular weight is 283 g/mol. The zero-order valence-electron chi connectivity index (χ0n) is 12.6. The van der Waals surface area contributed by atoms with E-state index in [1.54, 1.807) is 0 Å². The molecule has 2 N–H and O–H groups in total. The number of nitrogens with zero attached hydrogens (tertiary/aromatic N) is 3. The number of anilines is 2. The summed E-state index contributed by atoms with van der Waals surface area (Å²) in [5.74, 6) is 3.26. The molecule has 5 nitrogen and oxygen atoms in total. The second kappa shape index (κ2) is 6.08. The van der Waals surface area contributed by atoms with E-state index in [2.05, 4.69) is 45.5 Å². The van der Waals surface area contributed by atoms with Gasteiger partial charge in [-0.3, -0.25) is 4.98 Å². The minimum Gasteiger partial charge on any atom is -0.370 e. The maximum atomic E-state index is 4.63. The fourth-order valence-corrected chi connectivity index (χ4v) is 2.23. The summed E-state index contributed by atoms with van der Waals surface area (Å²) in [5.41, 5.74) is 2.24. The molecule has 5 heteroatoms. The topological polar surface area (TPSA) is 62.7 Å². The highest BCUT2D eigenvalue weighted by atomic mass is 15.1. The number of rotatable bonds is 6. The SMILES string of the molecule is CCNc1cc(NCc2ncccc2C)nc(C2CC2)n1. The van der Waals surface area contributed by atoms with E-state index in [4.69, 9.17) is 0 Å². The van der Waals surface area contributed by atoms with Crippen molar-refractivity contribution < 1.29 is 0 Å². The largest absolute Gasteiger partial charge is 0.370 e. The van der Waals surface area contributed by atoms with Gasteiger partial charge in [-0.1, -0.05) is 6.07 Å². The third-order valence-electron chi connectivity index (χ3n) is 3.60. The predicted octanol–water partition coefficient (Wildman–Crippen LogP) is 3.10. The molecule has 0 atom stereocenters. The van der Waals surface area contributed by atoms with Gasteiger partial charge >= 0.3 is 0 Å². The quantitative estimate of drug-likeness (QED) is 0.853. The van der Waals surface area contributed by atoms with Crippen LogP contribution in [0.2, 0.25) is 0 Å². The molecule has 2 aromatic heterocycles. The maximum absolute atomic E-state index is 4.63. The third-order valence-corrected chi connectivity index (χ3v) is 3.60. The van der Waals surface area contributed by atoms with Crippen LogP contribution in [0.4, 0.5) is 11.6 Å². The summed E-state index contributed by atoms with van der Waals surface area (Å²) in [4.78, 5) is 13.6. The Hall–Kier alpha value is -2.17. The molecule has 0 aromatic carbocycles. The average Bonchev–Trinajstić information content (AvgIpc) is 3.31. The van der Waals surface area contributed by atoms with Crippen molar-refractivity contribution in [3.05, 3.63) is 41.5 Å². The van der Waals surface area contributed by atoms with Gasteiger partial charge in [0.05, 0.1) is 12.2 Å². The van der Waals surface area contributed by atoms with Gasteiger partial charge in [0, 0.05) is 24.7 Å². The first-order valence-electron chi connectivity index (χ1n) is 7.53. The fourth-order valence-electron chi connectivity index (χ4n) is 2.23. The standard InChI is InChI=1S/C16H21N5/c1-3-17-14-9-15(21-16(20-14)12-6-7-12)19-10-13-11(2)5-4-8-18-13/h4-5,8-9,12H,3,6-7,10H2,1-2H3,(H2,17,19,20,21). The summed E-state index contributed by atoms with van der Waals surface area (Å²) in [7, 11) is 0. The molecular weight excluding hydrogens is 262 g/mol. The summed E-state index contributed by atoms with van der Waals surface area (Å²) < 4.78 is 0. The molecule has 1 fully saturated rings. The summed E-state index contributed by atoms with van der Waals surface area (Å²) in [6.45, 7) is 5.69. The Balaban J connectivity index is 1.76. The summed E-state index contributed by atoms with van der Waals surface area (Å²) in [5, 5.41) is 6.64. The van der Waals surface area contributed by atoms with Crippen molar-refractivity contribution in [3.63, 3.8) is 0 Å². The second-order valence-corrected chi connectivity index (χ2v) is 5.42. The summed E-state index contributed by atoms with van der Waals surface area (Å²) >= 11 is 0. The van der Waals surface area contributed by atoms with Crippen LogP contribution < -0.4 is 10.6 Å². The van der Waals surface area contributed by atoms with Crippen LogP contribution in [-0.4, -0.2) is 21.5 Å². The molecule has 2 heterocycles. The third kappa shape index (κ3) is 3.48. The van der Waals surface area contributed by atoms with Crippen molar-refractivity contribution >= 4 is 11.6 Å². The molecule has 2 aromatic rings.